The van der Waals surface area contributed by atoms with Gasteiger partial charge in [0, 0.05) is 16.8 Å². The van der Waals surface area contributed by atoms with Crippen LogP contribution in [0.2, 0.25) is 10.0 Å². The van der Waals surface area contributed by atoms with Crippen LogP contribution in [-0.4, -0.2) is 31.0 Å². The lowest BCUT2D eigenvalue weighted by atomic mass is 9.94. The number of carbonyl (C=O) groups is 2. The third kappa shape index (κ3) is 4.24. The summed E-state index contributed by atoms with van der Waals surface area (Å²) in [7, 11) is 2.93. The van der Waals surface area contributed by atoms with E-state index in [2.05, 4.69) is 0 Å². The van der Waals surface area contributed by atoms with Gasteiger partial charge in [-0.15, -0.1) is 0 Å². The molecule has 0 aliphatic carbocycles. The summed E-state index contributed by atoms with van der Waals surface area (Å²) in [6.07, 6.45) is 0. The minimum absolute atomic E-state index is 0.0993. The van der Waals surface area contributed by atoms with Crippen LogP contribution >= 0.6 is 23.2 Å². The molecule has 1 N–H and O–H groups in total. The zero-order valence-corrected chi connectivity index (χ0v) is 21.1. The Morgan fingerprint density at radius 1 is 0.943 bits per heavy atom. The third-order valence-electron chi connectivity index (χ3n) is 5.98. The molecular weight excluding hydrogens is 489 g/mol. The Balaban J connectivity index is 2.03. The molecule has 180 valence electrons. The highest BCUT2D eigenvalue weighted by molar-refractivity contribution is 6.52. The molecule has 3 aromatic carbocycles. The molecule has 0 spiro atoms. The average Bonchev–Trinajstić information content (AvgIpc) is 3.10. The van der Waals surface area contributed by atoms with Crippen molar-refractivity contribution in [3.8, 4) is 11.5 Å². The molecule has 1 atom stereocenters. The molecule has 1 heterocycles. The first-order valence-corrected chi connectivity index (χ1v) is 11.5. The van der Waals surface area contributed by atoms with Crippen molar-refractivity contribution in [2.24, 2.45) is 0 Å². The summed E-state index contributed by atoms with van der Waals surface area (Å²) in [5.74, 6) is -1.30. The molecule has 6 nitrogen and oxygen atoms in total. The summed E-state index contributed by atoms with van der Waals surface area (Å²) in [6, 6.07) is 14.6. The Hall–Kier alpha value is -3.48. The van der Waals surface area contributed by atoms with Crippen molar-refractivity contribution < 1.29 is 24.2 Å². The monoisotopic (exact) mass is 511 g/mol. The predicted octanol–water partition coefficient (Wildman–Crippen LogP) is 6.25. The van der Waals surface area contributed by atoms with Crippen molar-refractivity contribution in [2.45, 2.75) is 19.9 Å². The highest BCUT2D eigenvalue weighted by atomic mass is 35.5. The van der Waals surface area contributed by atoms with Crippen LogP contribution in [0.4, 0.5) is 5.69 Å². The number of benzene rings is 3. The average molecular weight is 512 g/mol. The smallest absolute Gasteiger partial charge is 0.300 e. The van der Waals surface area contributed by atoms with Gasteiger partial charge >= 0.3 is 0 Å². The van der Waals surface area contributed by atoms with E-state index in [9.17, 15) is 14.7 Å². The van der Waals surface area contributed by atoms with Gasteiger partial charge in [-0.3, -0.25) is 14.5 Å². The zero-order chi connectivity index (χ0) is 25.4. The summed E-state index contributed by atoms with van der Waals surface area (Å²) in [6.45, 7) is 3.76. The van der Waals surface area contributed by atoms with Gasteiger partial charge in [-0.2, -0.15) is 0 Å². The molecular formula is C27H23Cl2NO5. The molecule has 1 aliphatic heterocycles. The lowest BCUT2D eigenvalue weighted by Crippen LogP contribution is -2.30. The number of nitrogens with zero attached hydrogens (tertiary/aromatic N) is 1. The van der Waals surface area contributed by atoms with E-state index in [1.54, 1.807) is 24.3 Å². The third-order valence-corrected chi connectivity index (χ3v) is 6.54. The van der Waals surface area contributed by atoms with Gasteiger partial charge in [0.05, 0.1) is 35.9 Å². The molecule has 35 heavy (non-hydrogen) atoms. The van der Waals surface area contributed by atoms with Gasteiger partial charge in [0.15, 0.2) is 5.75 Å². The van der Waals surface area contributed by atoms with Gasteiger partial charge < -0.3 is 14.6 Å². The maximum Gasteiger partial charge on any atom is 0.300 e. The highest BCUT2D eigenvalue weighted by Crippen LogP contribution is 2.46. The number of aliphatic hydroxyl groups excluding tert-OH is 1. The number of methoxy groups -OCH3 is 2. The zero-order valence-electron chi connectivity index (χ0n) is 19.6. The number of ketones is 1. The molecule has 4 rings (SSSR count). The summed E-state index contributed by atoms with van der Waals surface area (Å²) in [5.41, 5.74) is 2.90. The normalized spacial score (nSPS) is 17.1. The van der Waals surface area contributed by atoms with Crippen LogP contribution in [0.3, 0.4) is 0 Å². The molecule has 3 aromatic rings. The Bertz CT molecular complexity index is 1360. The molecule has 1 saturated heterocycles. The number of halogens is 2. The van der Waals surface area contributed by atoms with Gasteiger partial charge in [-0.25, -0.2) is 0 Å². The maximum atomic E-state index is 13.5. The van der Waals surface area contributed by atoms with E-state index in [0.29, 0.717) is 17.0 Å². The topological polar surface area (TPSA) is 76.1 Å². The van der Waals surface area contributed by atoms with Crippen LogP contribution in [0.15, 0.2) is 60.2 Å². The standard InChI is InChI=1S/C27H23Cl2NO5/c1-14-9-10-15(2)20(11-14)30-23(17-7-5-6-8-21(17)34-3)22(25(32)27(30)33)24(31)16-12-18(28)26(35-4)19(29)13-16/h5-13,23,31H,1-4H3/b24-22+. The van der Waals surface area contributed by atoms with E-state index >= 15 is 0 Å². The number of anilines is 1. The molecule has 0 saturated carbocycles. The first-order chi connectivity index (χ1) is 16.7. The number of aliphatic hydroxyl groups is 1. The Morgan fingerprint density at radius 2 is 1.60 bits per heavy atom. The fraction of sp³-hybridized carbons (Fsp3) is 0.185. The second-order valence-corrected chi connectivity index (χ2v) is 8.99. The molecule has 1 aliphatic rings. The minimum atomic E-state index is -0.952. The van der Waals surface area contributed by atoms with Crippen LogP contribution in [0.1, 0.15) is 28.3 Å². The molecule has 1 unspecified atom stereocenters. The number of hydrogen-bond donors (Lipinski definition) is 1. The fourth-order valence-electron chi connectivity index (χ4n) is 4.29. The lowest BCUT2D eigenvalue weighted by molar-refractivity contribution is -0.132. The Kier molecular flexibility index (Phi) is 6.79. The number of para-hydroxylation sites is 1. The SMILES string of the molecule is COc1ccccc1C1/C(=C(\O)c2cc(Cl)c(OC)c(Cl)c2)C(=O)C(=O)N1c1cc(C)ccc1C. The molecule has 1 amide bonds. The quantitative estimate of drug-likeness (QED) is 0.248. The number of rotatable bonds is 5. The van der Waals surface area contributed by atoms with E-state index in [4.69, 9.17) is 32.7 Å². The lowest BCUT2D eigenvalue weighted by Gasteiger charge is -2.28. The minimum Gasteiger partial charge on any atom is -0.507 e. The number of carbonyl (C=O) groups excluding carboxylic acids is 2. The van der Waals surface area contributed by atoms with Crippen molar-refractivity contribution in [3.05, 3.63) is 92.5 Å². The molecule has 0 bridgehead atoms. The van der Waals surface area contributed by atoms with E-state index in [-0.39, 0.29) is 26.9 Å². The molecule has 8 heteroatoms. The van der Waals surface area contributed by atoms with Crippen LogP contribution in [0.5, 0.6) is 11.5 Å². The molecule has 0 aromatic heterocycles. The van der Waals surface area contributed by atoms with E-state index in [1.807, 2.05) is 32.0 Å². The van der Waals surface area contributed by atoms with Crippen LogP contribution in [-0.2, 0) is 9.59 Å². The van der Waals surface area contributed by atoms with Crippen molar-refractivity contribution in [1.82, 2.24) is 0 Å². The van der Waals surface area contributed by atoms with Crippen LogP contribution in [0.25, 0.3) is 5.76 Å². The molecule has 0 radical (unpaired) electrons. The van der Waals surface area contributed by atoms with Crippen molar-refractivity contribution in [3.63, 3.8) is 0 Å². The van der Waals surface area contributed by atoms with Crippen LogP contribution < -0.4 is 14.4 Å². The first kappa shape index (κ1) is 24.6. The van der Waals surface area contributed by atoms with E-state index < -0.39 is 23.5 Å². The second-order valence-electron chi connectivity index (χ2n) is 8.17. The number of aryl methyl sites for hydroxylation is 2. The van der Waals surface area contributed by atoms with Gasteiger partial charge in [0.2, 0.25) is 0 Å². The van der Waals surface area contributed by atoms with E-state index in [0.717, 1.165) is 11.1 Å². The van der Waals surface area contributed by atoms with Crippen molar-refractivity contribution in [1.29, 1.82) is 0 Å². The van der Waals surface area contributed by atoms with Gasteiger partial charge in [0.1, 0.15) is 11.5 Å². The van der Waals surface area contributed by atoms with Crippen molar-refractivity contribution >= 4 is 46.3 Å². The summed E-state index contributed by atoms with van der Waals surface area (Å²) in [5, 5.41) is 11.7. The Labute approximate surface area is 213 Å². The highest BCUT2D eigenvalue weighted by Gasteiger charge is 2.48. The number of hydrogen-bond acceptors (Lipinski definition) is 5. The second kappa shape index (κ2) is 9.64. The van der Waals surface area contributed by atoms with Gasteiger partial charge in [-0.05, 0) is 49.2 Å². The maximum absolute atomic E-state index is 13.5. The Morgan fingerprint density at radius 3 is 2.23 bits per heavy atom. The summed E-state index contributed by atoms with van der Waals surface area (Å²) in [4.78, 5) is 28.3. The summed E-state index contributed by atoms with van der Waals surface area (Å²) < 4.78 is 10.7. The summed E-state index contributed by atoms with van der Waals surface area (Å²) >= 11 is 12.6. The number of amides is 1. The fourth-order valence-corrected chi connectivity index (χ4v) is 4.94. The molecule has 1 fully saturated rings. The van der Waals surface area contributed by atoms with Crippen molar-refractivity contribution in [2.75, 3.05) is 19.1 Å². The van der Waals surface area contributed by atoms with Crippen LogP contribution in [0, 0.1) is 13.8 Å². The number of ether oxygens (including phenoxy) is 2. The predicted molar refractivity (Wildman–Crippen MR) is 137 cm³/mol. The van der Waals surface area contributed by atoms with Gasteiger partial charge in [0.25, 0.3) is 11.7 Å². The van der Waals surface area contributed by atoms with Gasteiger partial charge in [-0.1, -0.05) is 53.5 Å². The number of Topliss-reactive ketones (excluding diaryl/α,β-unsaturated/α-hetero) is 1. The first-order valence-electron chi connectivity index (χ1n) is 10.7. The largest absolute Gasteiger partial charge is 0.507 e. The van der Waals surface area contributed by atoms with E-state index in [1.165, 1.54) is 31.3 Å².